The molecule has 0 aromatic heterocycles. The molecule has 1 aliphatic heterocycles. The summed E-state index contributed by atoms with van der Waals surface area (Å²) in [6.07, 6.45) is 1.12. The number of anilines is 1. The van der Waals surface area contributed by atoms with Crippen molar-refractivity contribution in [1.29, 1.82) is 0 Å². The first-order chi connectivity index (χ1) is 6.79. The van der Waals surface area contributed by atoms with Gasteiger partial charge in [0.15, 0.2) is 0 Å². The summed E-state index contributed by atoms with van der Waals surface area (Å²) in [5, 5.41) is 8.99. The largest absolute Gasteiger partial charge is 0.478 e. The predicted molar refractivity (Wildman–Crippen MR) is 57.8 cm³/mol. The number of carbonyl (C=O) groups is 1. The first-order valence-electron chi connectivity index (χ1n) is 4.52. The van der Waals surface area contributed by atoms with Gasteiger partial charge in [0.25, 0.3) is 0 Å². The minimum absolute atomic E-state index is 0.391. The molecule has 0 unspecified atom stereocenters. The molecule has 14 heavy (non-hydrogen) atoms. The Balaban J connectivity index is 2.35. The van der Waals surface area contributed by atoms with Crippen LogP contribution in [0.15, 0.2) is 24.3 Å². The van der Waals surface area contributed by atoms with Crippen molar-refractivity contribution in [3.05, 3.63) is 29.8 Å². The summed E-state index contributed by atoms with van der Waals surface area (Å²) in [6, 6.07) is 7.15. The second-order valence-corrected chi connectivity index (χ2v) is 4.22. The van der Waals surface area contributed by atoms with Gasteiger partial charge < -0.3 is 9.41 Å². The summed E-state index contributed by atoms with van der Waals surface area (Å²) in [4.78, 5) is 10.9. The van der Waals surface area contributed by atoms with E-state index in [2.05, 4.69) is 4.31 Å². The molecule has 1 fully saturated rings. The van der Waals surface area contributed by atoms with E-state index < -0.39 is 5.97 Å². The van der Waals surface area contributed by atoms with Crippen LogP contribution < -0.4 is 4.31 Å². The predicted octanol–water partition coefficient (Wildman–Crippen LogP) is 2.24. The average Bonchev–Trinajstić information content (AvgIpc) is 2.70. The normalized spacial score (nSPS) is 15.9. The van der Waals surface area contributed by atoms with Crippen molar-refractivity contribution >= 4 is 23.6 Å². The SMILES string of the molecule is O=C(O)c1ccccc1N1CCCS1. The van der Waals surface area contributed by atoms with Crippen molar-refractivity contribution in [2.45, 2.75) is 6.42 Å². The molecule has 1 N–H and O–H groups in total. The van der Waals surface area contributed by atoms with Gasteiger partial charge >= 0.3 is 5.97 Å². The maximum absolute atomic E-state index is 10.9. The van der Waals surface area contributed by atoms with Crippen LogP contribution >= 0.6 is 11.9 Å². The van der Waals surface area contributed by atoms with E-state index in [4.69, 9.17) is 5.11 Å². The standard InChI is InChI=1S/C10H11NO2S/c12-10(13)8-4-1-2-5-9(8)11-6-3-7-14-11/h1-2,4-5H,3,6-7H2,(H,12,13). The Labute approximate surface area is 86.9 Å². The van der Waals surface area contributed by atoms with Gasteiger partial charge in [-0.05, 0) is 30.5 Å². The van der Waals surface area contributed by atoms with Gasteiger partial charge in [-0.3, -0.25) is 0 Å². The van der Waals surface area contributed by atoms with Gasteiger partial charge in [0.2, 0.25) is 0 Å². The van der Waals surface area contributed by atoms with Crippen molar-refractivity contribution < 1.29 is 9.90 Å². The molecule has 1 aromatic carbocycles. The third-order valence-corrected chi connectivity index (χ3v) is 3.32. The monoisotopic (exact) mass is 209 g/mol. The Bertz CT molecular complexity index is 348. The maximum atomic E-state index is 10.9. The zero-order valence-electron chi connectivity index (χ0n) is 7.64. The van der Waals surface area contributed by atoms with Crippen molar-refractivity contribution in [3.63, 3.8) is 0 Å². The Morgan fingerprint density at radius 1 is 1.43 bits per heavy atom. The lowest BCUT2D eigenvalue weighted by Gasteiger charge is -2.17. The second-order valence-electron chi connectivity index (χ2n) is 3.11. The Morgan fingerprint density at radius 3 is 2.86 bits per heavy atom. The number of benzene rings is 1. The lowest BCUT2D eigenvalue weighted by Crippen LogP contribution is -2.13. The van der Waals surface area contributed by atoms with Gasteiger partial charge in [-0.15, -0.1) is 0 Å². The first-order valence-corrected chi connectivity index (χ1v) is 5.46. The molecule has 1 aliphatic rings. The highest BCUT2D eigenvalue weighted by molar-refractivity contribution is 8.00. The maximum Gasteiger partial charge on any atom is 0.337 e. The highest BCUT2D eigenvalue weighted by atomic mass is 32.2. The van der Waals surface area contributed by atoms with Crippen LogP contribution in [0.2, 0.25) is 0 Å². The summed E-state index contributed by atoms with van der Waals surface area (Å²) >= 11 is 1.70. The van der Waals surface area contributed by atoms with E-state index in [1.165, 1.54) is 0 Å². The van der Waals surface area contributed by atoms with Gasteiger partial charge in [0.1, 0.15) is 0 Å². The summed E-state index contributed by atoms with van der Waals surface area (Å²) < 4.78 is 2.06. The van der Waals surface area contributed by atoms with Gasteiger partial charge in [-0.25, -0.2) is 4.79 Å². The van der Waals surface area contributed by atoms with Crippen LogP contribution in [0.25, 0.3) is 0 Å². The third-order valence-electron chi connectivity index (χ3n) is 2.16. The van der Waals surface area contributed by atoms with Crippen LogP contribution in [-0.2, 0) is 0 Å². The molecule has 0 atom stereocenters. The van der Waals surface area contributed by atoms with Gasteiger partial charge in [0.05, 0.1) is 11.3 Å². The molecule has 74 valence electrons. The smallest absolute Gasteiger partial charge is 0.337 e. The first kappa shape index (κ1) is 9.40. The van der Waals surface area contributed by atoms with E-state index in [1.54, 1.807) is 24.1 Å². The number of rotatable bonds is 2. The number of aromatic carboxylic acids is 1. The molecule has 2 rings (SSSR count). The van der Waals surface area contributed by atoms with Crippen LogP contribution in [0.4, 0.5) is 5.69 Å². The zero-order valence-corrected chi connectivity index (χ0v) is 8.46. The minimum atomic E-state index is -0.854. The van der Waals surface area contributed by atoms with Crippen molar-refractivity contribution in [1.82, 2.24) is 0 Å². The fourth-order valence-electron chi connectivity index (χ4n) is 1.51. The molecule has 1 saturated heterocycles. The molecule has 1 heterocycles. The molecule has 4 heteroatoms. The van der Waals surface area contributed by atoms with Crippen molar-refractivity contribution in [2.24, 2.45) is 0 Å². The molecule has 0 aliphatic carbocycles. The summed E-state index contributed by atoms with van der Waals surface area (Å²) in [5.74, 6) is 0.224. The van der Waals surface area contributed by atoms with E-state index in [-0.39, 0.29) is 0 Å². The van der Waals surface area contributed by atoms with Crippen LogP contribution in [-0.4, -0.2) is 23.4 Å². The minimum Gasteiger partial charge on any atom is -0.478 e. The lowest BCUT2D eigenvalue weighted by atomic mass is 10.2. The molecular formula is C10H11NO2S. The number of carboxylic acids is 1. The lowest BCUT2D eigenvalue weighted by molar-refractivity contribution is 0.0698. The van der Waals surface area contributed by atoms with Crippen molar-refractivity contribution in [3.8, 4) is 0 Å². The number of hydrogen-bond acceptors (Lipinski definition) is 3. The van der Waals surface area contributed by atoms with E-state index in [0.29, 0.717) is 5.56 Å². The summed E-state index contributed by atoms with van der Waals surface area (Å²) in [7, 11) is 0. The topological polar surface area (TPSA) is 40.5 Å². The zero-order chi connectivity index (χ0) is 9.97. The van der Waals surface area contributed by atoms with Crippen LogP contribution in [0.5, 0.6) is 0 Å². The second kappa shape index (κ2) is 3.92. The highest BCUT2D eigenvalue weighted by Crippen LogP contribution is 2.30. The number of carboxylic acid groups (broad SMARTS) is 1. The summed E-state index contributed by atoms with van der Waals surface area (Å²) in [6.45, 7) is 0.939. The molecule has 0 bridgehead atoms. The summed E-state index contributed by atoms with van der Waals surface area (Å²) in [5.41, 5.74) is 1.21. The van der Waals surface area contributed by atoms with E-state index in [9.17, 15) is 4.79 Å². The fourth-order valence-corrected chi connectivity index (χ4v) is 2.54. The quantitative estimate of drug-likeness (QED) is 0.758. The van der Waals surface area contributed by atoms with Gasteiger partial charge in [-0.1, -0.05) is 12.1 Å². The molecule has 0 radical (unpaired) electrons. The number of nitrogens with zero attached hydrogens (tertiary/aromatic N) is 1. The Morgan fingerprint density at radius 2 is 2.21 bits per heavy atom. The third kappa shape index (κ3) is 1.70. The van der Waals surface area contributed by atoms with Crippen molar-refractivity contribution in [2.75, 3.05) is 16.6 Å². The molecule has 0 spiro atoms. The molecule has 0 amide bonds. The van der Waals surface area contributed by atoms with Crippen LogP contribution in [0.1, 0.15) is 16.8 Å². The van der Waals surface area contributed by atoms with E-state index in [1.807, 2.05) is 12.1 Å². The number of para-hydroxylation sites is 1. The average molecular weight is 209 g/mol. The van der Waals surface area contributed by atoms with E-state index >= 15 is 0 Å². The molecular weight excluding hydrogens is 198 g/mol. The molecule has 1 aromatic rings. The Hall–Kier alpha value is -1.16. The van der Waals surface area contributed by atoms with Crippen LogP contribution in [0.3, 0.4) is 0 Å². The number of hydrogen-bond donors (Lipinski definition) is 1. The van der Waals surface area contributed by atoms with Gasteiger partial charge in [-0.2, -0.15) is 0 Å². The highest BCUT2D eigenvalue weighted by Gasteiger charge is 2.18. The molecule has 3 nitrogen and oxygen atoms in total. The van der Waals surface area contributed by atoms with E-state index in [0.717, 1.165) is 24.4 Å². The fraction of sp³-hybridized carbons (Fsp3) is 0.300. The Kier molecular flexibility index (Phi) is 2.63. The van der Waals surface area contributed by atoms with Gasteiger partial charge in [0, 0.05) is 12.3 Å². The molecule has 0 saturated carbocycles. The van der Waals surface area contributed by atoms with Crippen LogP contribution in [0, 0.1) is 0 Å².